The second kappa shape index (κ2) is 8.01. The van der Waals surface area contributed by atoms with Crippen LogP contribution in [0.25, 0.3) is 0 Å². The Morgan fingerprint density at radius 1 is 1.15 bits per heavy atom. The van der Waals surface area contributed by atoms with E-state index in [1.165, 1.54) is 28.8 Å². The first-order valence-electron chi connectivity index (χ1n) is 8.64. The van der Waals surface area contributed by atoms with Crippen molar-refractivity contribution in [3.8, 4) is 0 Å². The van der Waals surface area contributed by atoms with Gasteiger partial charge in [0.25, 0.3) is 0 Å². The summed E-state index contributed by atoms with van der Waals surface area (Å²) in [5, 5.41) is 8.18. The monoisotopic (exact) mass is 391 g/mol. The van der Waals surface area contributed by atoms with Crippen LogP contribution in [0.1, 0.15) is 18.2 Å². The summed E-state index contributed by atoms with van der Waals surface area (Å²) in [6, 6.07) is 7.87. The van der Waals surface area contributed by atoms with Gasteiger partial charge < -0.3 is 0 Å². The molecule has 9 heteroatoms. The highest BCUT2D eigenvalue weighted by Crippen LogP contribution is 2.19. The van der Waals surface area contributed by atoms with Crippen molar-refractivity contribution in [2.24, 2.45) is 7.05 Å². The Morgan fingerprint density at radius 3 is 2.48 bits per heavy atom. The molecule has 0 atom stereocenters. The van der Waals surface area contributed by atoms with Gasteiger partial charge in [-0.15, -0.1) is 0 Å². The molecule has 0 aliphatic carbocycles. The van der Waals surface area contributed by atoms with Gasteiger partial charge in [-0.1, -0.05) is 12.1 Å². The van der Waals surface area contributed by atoms with Crippen molar-refractivity contribution in [1.29, 1.82) is 0 Å². The van der Waals surface area contributed by atoms with E-state index in [9.17, 15) is 12.8 Å². The number of benzene rings is 1. The van der Waals surface area contributed by atoms with E-state index in [2.05, 4.69) is 10.2 Å². The highest BCUT2D eigenvalue weighted by Gasteiger charge is 2.27. The number of rotatable bonds is 8. The topological polar surface area (TPSA) is 73.0 Å². The molecule has 3 rings (SSSR count). The van der Waals surface area contributed by atoms with Gasteiger partial charge >= 0.3 is 0 Å². The number of halogens is 1. The summed E-state index contributed by atoms with van der Waals surface area (Å²) in [5.41, 5.74) is 1.64. The first kappa shape index (κ1) is 19.2. The average Bonchev–Trinajstić information content (AvgIpc) is 3.29. The molecule has 2 heterocycles. The first-order valence-corrected chi connectivity index (χ1v) is 10.1. The lowest BCUT2D eigenvalue weighted by Gasteiger charge is -2.21. The molecule has 0 radical (unpaired) electrons. The molecule has 0 bridgehead atoms. The number of sulfonamides is 1. The lowest BCUT2D eigenvalue weighted by atomic mass is 10.1. The number of hydrogen-bond acceptors (Lipinski definition) is 4. The number of aryl methyl sites for hydroxylation is 2. The second-order valence-electron chi connectivity index (χ2n) is 6.19. The zero-order valence-corrected chi connectivity index (χ0v) is 16.1. The molecule has 1 aromatic carbocycles. The summed E-state index contributed by atoms with van der Waals surface area (Å²) in [4.78, 5) is 0.158. The van der Waals surface area contributed by atoms with E-state index >= 15 is 0 Å². The van der Waals surface area contributed by atoms with E-state index in [0.717, 1.165) is 11.3 Å². The quantitative estimate of drug-likeness (QED) is 0.590. The van der Waals surface area contributed by atoms with Crippen LogP contribution in [0, 0.1) is 5.82 Å². The molecule has 0 unspecified atom stereocenters. The average molecular weight is 391 g/mol. The number of nitrogens with zero attached hydrogens (tertiary/aromatic N) is 5. The maximum Gasteiger partial charge on any atom is 0.246 e. The van der Waals surface area contributed by atoms with E-state index in [1.807, 2.05) is 6.92 Å². The van der Waals surface area contributed by atoms with Gasteiger partial charge in [-0.3, -0.25) is 9.36 Å². The van der Waals surface area contributed by atoms with Crippen molar-refractivity contribution >= 4 is 10.0 Å². The first-order chi connectivity index (χ1) is 12.9. The smallest absolute Gasteiger partial charge is 0.246 e. The van der Waals surface area contributed by atoms with Crippen molar-refractivity contribution in [2.45, 2.75) is 31.3 Å². The normalized spacial score (nSPS) is 12.0. The summed E-state index contributed by atoms with van der Waals surface area (Å²) in [6.07, 6.45) is 5.00. The van der Waals surface area contributed by atoms with Gasteiger partial charge in [0.2, 0.25) is 10.0 Å². The van der Waals surface area contributed by atoms with E-state index in [1.54, 1.807) is 40.8 Å². The van der Waals surface area contributed by atoms with Gasteiger partial charge in [-0.2, -0.15) is 14.5 Å². The highest BCUT2D eigenvalue weighted by atomic mass is 32.2. The predicted octanol–water partition coefficient (Wildman–Crippen LogP) is 2.21. The van der Waals surface area contributed by atoms with Crippen molar-refractivity contribution in [3.05, 3.63) is 66.0 Å². The van der Waals surface area contributed by atoms with Crippen LogP contribution in [0.15, 0.2) is 53.8 Å². The van der Waals surface area contributed by atoms with Gasteiger partial charge in [-0.25, -0.2) is 12.8 Å². The van der Waals surface area contributed by atoms with Gasteiger partial charge in [0, 0.05) is 32.5 Å². The van der Waals surface area contributed by atoms with Crippen molar-refractivity contribution in [3.63, 3.8) is 0 Å². The zero-order valence-electron chi connectivity index (χ0n) is 15.3. The molecule has 0 aliphatic heterocycles. The Hall–Kier alpha value is -2.52. The maximum absolute atomic E-state index is 13.2. The molecule has 0 N–H and O–H groups in total. The summed E-state index contributed by atoms with van der Waals surface area (Å²) in [6.45, 7) is 2.94. The van der Waals surface area contributed by atoms with Gasteiger partial charge in [0.1, 0.15) is 10.7 Å². The van der Waals surface area contributed by atoms with Gasteiger partial charge in [-0.05, 0) is 37.1 Å². The molecule has 0 saturated heterocycles. The molecule has 3 aromatic rings. The Balaban J connectivity index is 1.86. The second-order valence-corrected chi connectivity index (χ2v) is 8.13. The van der Waals surface area contributed by atoms with Crippen molar-refractivity contribution in [2.75, 3.05) is 6.54 Å². The van der Waals surface area contributed by atoms with E-state index in [4.69, 9.17) is 0 Å². The minimum atomic E-state index is -3.73. The molecule has 144 valence electrons. The van der Waals surface area contributed by atoms with Gasteiger partial charge in [0.15, 0.2) is 0 Å². The lowest BCUT2D eigenvalue weighted by molar-refractivity contribution is 0.398. The fourth-order valence-corrected chi connectivity index (χ4v) is 4.09. The molecule has 7 nitrogen and oxygen atoms in total. The van der Waals surface area contributed by atoms with Crippen LogP contribution in [0.5, 0.6) is 0 Å². The molecular formula is C18H22FN5O2S. The highest BCUT2D eigenvalue weighted by molar-refractivity contribution is 7.89. The molecule has 0 fully saturated rings. The third-order valence-electron chi connectivity index (χ3n) is 4.40. The molecule has 0 aliphatic rings. The van der Waals surface area contributed by atoms with Crippen LogP contribution in [-0.4, -0.2) is 38.8 Å². The molecule has 0 saturated carbocycles. The fourth-order valence-electron chi connectivity index (χ4n) is 2.73. The zero-order chi connectivity index (χ0) is 19.4. The Labute approximate surface area is 158 Å². The van der Waals surface area contributed by atoms with Crippen molar-refractivity contribution < 1.29 is 12.8 Å². The summed E-state index contributed by atoms with van der Waals surface area (Å²) >= 11 is 0. The van der Waals surface area contributed by atoms with Crippen LogP contribution >= 0.6 is 0 Å². The third kappa shape index (κ3) is 4.42. The molecular weight excluding hydrogens is 369 g/mol. The molecule has 27 heavy (non-hydrogen) atoms. The minimum Gasteiger partial charge on any atom is -0.272 e. The molecule has 0 amide bonds. The van der Waals surface area contributed by atoms with E-state index in [0.29, 0.717) is 13.0 Å². The Bertz CT molecular complexity index is 995. The number of hydrogen-bond donors (Lipinski definition) is 0. The van der Waals surface area contributed by atoms with E-state index < -0.39 is 10.0 Å². The fraction of sp³-hybridized carbons (Fsp3) is 0.333. The molecule has 2 aromatic heterocycles. The third-order valence-corrected chi connectivity index (χ3v) is 6.19. The summed E-state index contributed by atoms with van der Waals surface area (Å²) in [7, 11) is -1.95. The van der Waals surface area contributed by atoms with Crippen LogP contribution in [0.3, 0.4) is 0 Å². The Morgan fingerprint density at radius 2 is 1.89 bits per heavy atom. The molecule has 0 spiro atoms. The Kier molecular flexibility index (Phi) is 5.71. The van der Waals surface area contributed by atoms with Crippen LogP contribution in [0.4, 0.5) is 4.39 Å². The van der Waals surface area contributed by atoms with Crippen LogP contribution in [0.2, 0.25) is 0 Å². The van der Waals surface area contributed by atoms with E-state index in [-0.39, 0.29) is 23.8 Å². The van der Waals surface area contributed by atoms with Gasteiger partial charge in [0.05, 0.1) is 18.4 Å². The summed E-state index contributed by atoms with van der Waals surface area (Å²) in [5.74, 6) is -0.315. The van der Waals surface area contributed by atoms with Crippen LogP contribution < -0.4 is 0 Å². The standard InChI is InChI=1S/C18H22FN5O2S/c1-3-23-14-18(12-21-23)27(25,26)24(13-17-8-10-20-22(17)2)11-9-15-4-6-16(19)7-5-15/h4-8,10,12,14H,3,9,11,13H2,1-2H3. The van der Waals surface area contributed by atoms with Crippen molar-refractivity contribution in [1.82, 2.24) is 23.9 Å². The SMILES string of the molecule is CCn1cc(S(=O)(=O)N(CCc2ccc(F)cc2)Cc2ccnn2C)cn1. The number of aromatic nitrogens is 4. The van der Waals surface area contributed by atoms with Crippen LogP contribution in [-0.2, 0) is 36.6 Å². The summed E-state index contributed by atoms with van der Waals surface area (Å²) < 4.78 is 44.1. The predicted molar refractivity (Wildman–Crippen MR) is 98.8 cm³/mol. The lowest BCUT2D eigenvalue weighted by Crippen LogP contribution is -2.33. The maximum atomic E-state index is 13.2. The largest absolute Gasteiger partial charge is 0.272 e. The minimum absolute atomic E-state index is 0.158.